The highest BCUT2D eigenvalue weighted by molar-refractivity contribution is 7.90. The number of aromatic hydroxyl groups is 1. The van der Waals surface area contributed by atoms with Crippen molar-refractivity contribution in [1.29, 1.82) is 0 Å². The van der Waals surface area contributed by atoms with Crippen LogP contribution in [0.15, 0.2) is 71.8 Å². The summed E-state index contributed by atoms with van der Waals surface area (Å²) in [6, 6.07) is 17.7. The predicted molar refractivity (Wildman–Crippen MR) is 162 cm³/mol. The second kappa shape index (κ2) is 12.3. The van der Waals surface area contributed by atoms with Gasteiger partial charge in [0.25, 0.3) is 10.0 Å². The molecule has 4 aromatic rings. The molecule has 0 unspecified atom stereocenters. The number of nitrogens with one attached hydrogen (secondary N) is 1. The van der Waals surface area contributed by atoms with Crippen LogP contribution in [0.2, 0.25) is 0 Å². The summed E-state index contributed by atoms with van der Waals surface area (Å²) >= 11 is 0. The minimum atomic E-state index is -4.11. The Morgan fingerprint density at radius 3 is 2.19 bits per heavy atom. The first-order valence-electron chi connectivity index (χ1n) is 13.5. The van der Waals surface area contributed by atoms with E-state index in [-0.39, 0.29) is 10.6 Å². The van der Waals surface area contributed by atoms with Crippen LogP contribution in [0.3, 0.4) is 0 Å². The van der Waals surface area contributed by atoms with Gasteiger partial charge in [0.1, 0.15) is 5.75 Å². The Bertz CT molecular complexity index is 1640. The summed E-state index contributed by atoms with van der Waals surface area (Å²) in [7, 11) is 0.417. The van der Waals surface area contributed by atoms with Gasteiger partial charge in [-0.1, -0.05) is 6.07 Å². The van der Waals surface area contributed by atoms with Crippen molar-refractivity contribution in [1.82, 2.24) is 3.97 Å². The number of rotatable bonds is 10. The zero-order valence-electron chi connectivity index (χ0n) is 24.1. The fraction of sp³-hybridized carbons (Fsp3) is 0.290. The van der Waals surface area contributed by atoms with E-state index in [1.54, 1.807) is 31.3 Å². The Morgan fingerprint density at radius 2 is 1.57 bits per heavy atom. The fourth-order valence-electron chi connectivity index (χ4n) is 5.02. The van der Waals surface area contributed by atoms with Crippen LogP contribution in [0, 0.1) is 6.92 Å². The number of ether oxygens (including phenoxy) is 4. The molecular weight excluding hydrogens is 558 g/mol. The van der Waals surface area contributed by atoms with Crippen molar-refractivity contribution in [3.8, 4) is 34.3 Å². The first kappa shape index (κ1) is 29.2. The molecule has 0 amide bonds. The molecule has 2 heterocycles. The maximum absolute atomic E-state index is 14.0. The highest BCUT2D eigenvalue weighted by Gasteiger charge is 2.26. The van der Waals surface area contributed by atoms with E-state index in [2.05, 4.69) is 22.3 Å². The van der Waals surface area contributed by atoms with Gasteiger partial charge in [0, 0.05) is 48.8 Å². The smallest absolute Gasteiger partial charge is 0.268 e. The van der Waals surface area contributed by atoms with Crippen LogP contribution in [0.4, 0.5) is 11.4 Å². The van der Waals surface area contributed by atoms with Gasteiger partial charge >= 0.3 is 0 Å². The lowest BCUT2D eigenvalue weighted by Gasteiger charge is -2.28. The van der Waals surface area contributed by atoms with E-state index in [4.69, 9.17) is 18.9 Å². The second-order valence-corrected chi connectivity index (χ2v) is 11.7. The van der Waals surface area contributed by atoms with Crippen molar-refractivity contribution < 1.29 is 32.5 Å². The third kappa shape index (κ3) is 5.83. The molecule has 0 aliphatic carbocycles. The first-order chi connectivity index (χ1) is 20.2. The van der Waals surface area contributed by atoms with Crippen LogP contribution in [0.25, 0.3) is 11.3 Å². The molecule has 0 spiro atoms. The van der Waals surface area contributed by atoms with E-state index in [0.717, 1.165) is 43.2 Å². The van der Waals surface area contributed by atoms with Gasteiger partial charge in [-0.05, 0) is 66.6 Å². The van der Waals surface area contributed by atoms with Crippen LogP contribution in [0.5, 0.6) is 23.0 Å². The molecule has 1 fully saturated rings. The Balaban J connectivity index is 1.52. The van der Waals surface area contributed by atoms with Crippen molar-refractivity contribution in [2.45, 2.75) is 18.4 Å². The molecule has 2 N–H and O–H groups in total. The monoisotopic (exact) mass is 593 g/mol. The summed E-state index contributed by atoms with van der Waals surface area (Å²) < 4.78 is 51.3. The Hall–Kier alpha value is -4.35. The summed E-state index contributed by atoms with van der Waals surface area (Å²) in [5.74, 6) is 1.05. The maximum Gasteiger partial charge on any atom is 0.268 e. The average Bonchev–Trinajstić information content (AvgIpc) is 3.46. The molecule has 1 saturated heterocycles. The summed E-state index contributed by atoms with van der Waals surface area (Å²) in [6.45, 7) is 5.22. The fourth-order valence-corrected chi connectivity index (χ4v) is 6.67. The molecule has 1 aliphatic rings. The van der Waals surface area contributed by atoms with Gasteiger partial charge in [0.05, 0.1) is 45.1 Å². The summed E-state index contributed by atoms with van der Waals surface area (Å²) in [5, 5.41) is 13.5. The Kier molecular flexibility index (Phi) is 8.51. The number of morpholine rings is 1. The zero-order chi connectivity index (χ0) is 29.9. The number of aryl methyl sites for hydroxylation is 1. The van der Waals surface area contributed by atoms with Gasteiger partial charge in [0.15, 0.2) is 11.5 Å². The summed E-state index contributed by atoms with van der Waals surface area (Å²) in [5.41, 5.74) is 4.23. The largest absolute Gasteiger partial charge is 0.508 e. The van der Waals surface area contributed by atoms with Crippen LogP contribution in [0.1, 0.15) is 11.1 Å². The summed E-state index contributed by atoms with van der Waals surface area (Å²) in [4.78, 5) is 2.29. The van der Waals surface area contributed by atoms with E-state index in [1.807, 2.05) is 18.2 Å². The lowest BCUT2D eigenvalue weighted by atomic mass is 10.1. The highest BCUT2D eigenvalue weighted by Crippen LogP contribution is 2.42. The molecule has 42 heavy (non-hydrogen) atoms. The zero-order valence-corrected chi connectivity index (χ0v) is 24.9. The predicted octanol–water partition coefficient (Wildman–Crippen LogP) is 4.88. The van der Waals surface area contributed by atoms with Gasteiger partial charge in [-0.15, -0.1) is 0 Å². The standard InChI is InChI=1S/C31H35N3O7S/c1-21-5-10-26(35)18-30(21)42(36,37)34-20-22(15-27(34)23-16-28(38-2)31(40-4)29(17-23)39-3)19-32-24-6-8-25(9-7-24)33-11-13-41-14-12-33/h5-10,15-18,20,32,35H,11-14,19H2,1-4H3. The number of benzene rings is 3. The van der Waals surface area contributed by atoms with E-state index < -0.39 is 10.0 Å². The van der Waals surface area contributed by atoms with Crippen LogP contribution < -0.4 is 24.4 Å². The van der Waals surface area contributed by atoms with Crippen molar-refractivity contribution in [2.24, 2.45) is 0 Å². The SMILES string of the molecule is COc1cc(-c2cc(CNc3ccc(N4CCOCC4)cc3)cn2S(=O)(=O)c2cc(O)ccc2C)cc(OC)c1OC. The third-order valence-corrected chi connectivity index (χ3v) is 9.07. The third-order valence-electron chi connectivity index (χ3n) is 7.25. The average molecular weight is 594 g/mol. The Labute approximate surface area is 246 Å². The molecule has 3 aromatic carbocycles. The normalized spacial score (nSPS) is 13.6. The Morgan fingerprint density at radius 1 is 0.905 bits per heavy atom. The number of nitrogens with zero attached hydrogens (tertiary/aromatic N) is 2. The van der Waals surface area contributed by atoms with Crippen molar-refractivity contribution >= 4 is 21.4 Å². The number of anilines is 2. The van der Waals surface area contributed by atoms with Crippen molar-refractivity contribution in [2.75, 3.05) is 57.8 Å². The van der Waals surface area contributed by atoms with Crippen LogP contribution in [-0.2, 0) is 21.3 Å². The van der Waals surface area contributed by atoms with Gasteiger partial charge in [0.2, 0.25) is 5.75 Å². The molecule has 10 nitrogen and oxygen atoms in total. The quantitative estimate of drug-likeness (QED) is 0.266. The first-order valence-corrected chi connectivity index (χ1v) is 14.9. The minimum absolute atomic E-state index is 0.00463. The maximum atomic E-state index is 14.0. The van der Waals surface area contributed by atoms with E-state index in [1.165, 1.54) is 37.4 Å². The molecule has 5 rings (SSSR count). The van der Waals surface area contributed by atoms with Crippen LogP contribution >= 0.6 is 0 Å². The molecule has 1 aliphatic heterocycles. The van der Waals surface area contributed by atoms with Gasteiger partial charge in [-0.3, -0.25) is 0 Å². The molecule has 222 valence electrons. The van der Waals surface area contributed by atoms with E-state index in [9.17, 15) is 13.5 Å². The van der Waals surface area contributed by atoms with E-state index >= 15 is 0 Å². The number of hydrogen-bond donors (Lipinski definition) is 2. The number of phenols is 1. The topological polar surface area (TPSA) is 111 Å². The number of phenolic OH excluding ortho intramolecular Hbond substituents is 1. The van der Waals surface area contributed by atoms with Gasteiger partial charge in [-0.2, -0.15) is 0 Å². The van der Waals surface area contributed by atoms with E-state index in [0.29, 0.717) is 40.6 Å². The number of aromatic nitrogens is 1. The number of hydrogen-bond acceptors (Lipinski definition) is 9. The van der Waals surface area contributed by atoms with Gasteiger partial charge in [-0.25, -0.2) is 12.4 Å². The number of methoxy groups -OCH3 is 3. The molecular formula is C31H35N3O7S. The second-order valence-electron chi connectivity index (χ2n) is 9.90. The molecule has 11 heteroatoms. The van der Waals surface area contributed by atoms with Crippen LogP contribution in [-0.4, -0.2) is 65.1 Å². The lowest BCUT2D eigenvalue weighted by Crippen LogP contribution is -2.36. The minimum Gasteiger partial charge on any atom is -0.508 e. The molecule has 0 radical (unpaired) electrons. The molecule has 0 atom stereocenters. The van der Waals surface area contributed by atoms with Crippen molar-refractivity contribution in [3.63, 3.8) is 0 Å². The summed E-state index contributed by atoms with van der Waals surface area (Å²) in [6.07, 6.45) is 1.59. The molecule has 0 saturated carbocycles. The molecule has 1 aromatic heterocycles. The molecule has 0 bridgehead atoms. The van der Waals surface area contributed by atoms with Crippen molar-refractivity contribution in [3.05, 3.63) is 78.0 Å². The highest BCUT2D eigenvalue weighted by atomic mass is 32.2. The lowest BCUT2D eigenvalue weighted by molar-refractivity contribution is 0.122. The van der Waals surface area contributed by atoms with Gasteiger partial charge < -0.3 is 34.3 Å².